The lowest BCUT2D eigenvalue weighted by Crippen LogP contribution is -2.30. The molecule has 5 aromatic carbocycles. The van der Waals surface area contributed by atoms with Crippen LogP contribution in [0.5, 0.6) is 5.75 Å². The molecular formula is C39H36N4O6S2. The van der Waals surface area contributed by atoms with Crippen LogP contribution in [0.1, 0.15) is 34.8 Å². The Bertz CT molecular complexity index is 2110. The van der Waals surface area contributed by atoms with E-state index in [-0.39, 0.29) is 16.5 Å². The van der Waals surface area contributed by atoms with E-state index < -0.39 is 27.1 Å². The van der Waals surface area contributed by atoms with Gasteiger partial charge in [0.2, 0.25) is 15.9 Å². The molecule has 12 heteroatoms. The molecule has 5 N–H and O–H groups in total. The summed E-state index contributed by atoms with van der Waals surface area (Å²) in [5, 5.41) is 13.1. The number of carbonyl (C=O) groups excluding carboxylic acids is 3. The first-order chi connectivity index (χ1) is 24.6. The number of nitrogens with two attached hydrogens (primary N) is 1. The van der Waals surface area contributed by atoms with Gasteiger partial charge in [0.1, 0.15) is 18.1 Å². The van der Waals surface area contributed by atoms with Crippen molar-refractivity contribution in [1.82, 2.24) is 5.32 Å². The van der Waals surface area contributed by atoms with E-state index in [0.717, 1.165) is 10.5 Å². The summed E-state index contributed by atoms with van der Waals surface area (Å²) in [6, 6.07) is 38.2. The molecule has 3 amide bonds. The highest BCUT2D eigenvalue weighted by Gasteiger charge is 2.20. The molecule has 5 aromatic rings. The monoisotopic (exact) mass is 720 g/mol. The summed E-state index contributed by atoms with van der Waals surface area (Å²) in [4.78, 5) is 40.5. The second-order valence-electron chi connectivity index (χ2n) is 11.3. The van der Waals surface area contributed by atoms with Gasteiger partial charge >= 0.3 is 0 Å². The number of nitrogens with one attached hydrogen (secondary N) is 3. The molecule has 10 nitrogen and oxygen atoms in total. The van der Waals surface area contributed by atoms with Gasteiger partial charge in [-0.05, 0) is 90.4 Å². The molecule has 0 spiro atoms. The first kappa shape index (κ1) is 36.6. The van der Waals surface area contributed by atoms with Crippen LogP contribution in [0.15, 0.2) is 149 Å². The maximum Gasteiger partial charge on any atom is 0.272 e. The van der Waals surface area contributed by atoms with Gasteiger partial charge in [-0.1, -0.05) is 73.7 Å². The van der Waals surface area contributed by atoms with Crippen molar-refractivity contribution in [2.75, 3.05) is 10.6 Å². The number of primary sulfonamides is 1. The lowest BCUT2D eigenvalue weighted by Gasteiger charge is -2.16. The van der Waals surface area contributed by atoms with Crippen LogP contribution >= 0.6 is 11.8 Å². The molecule has 0 aliphatic carbocycles. The van der Waals surface area contributed by atoms with Gasteiger partial charge in [-0.3, -0.25) is 14.4 Å². The largest absolute Gasteiger partial charge is 0.489 e. The Morgan fingerprint density at radius 1 is 0.784 bits per heavy atom. The molecule has 0 heterocycles. The van der Waals surface area contributed by atoms with E-state index in [1.807, 2.05) is 43.3 Å². The van der Waals surface area contributed by atoms with Gasteiger partial charge in [-0.25, -0.2) is 13.6 Å². The zero-order valence-corrected chi connectivity index (χ0v) is 29.2. The second-order valence-corrected chi connectivity index (χ2v) is 14.1. The molecule has 0 aromatic heterocycles. The third-order valence-corrected chi connectivity index (χ3v) is 9.74. The van der Waals surface area contributed by atoms with Crippen molar-refractivity contribution >= 4 is 57.0 Å². The number of amides is 3. The number of thioether (sulfide) groups is 1. The van der Waals surface area contributed by atoms with Gasteiger partial charge in [0.25, 0.3) is 11.8 Å². The topological polar surface area (TPSA) is 157 Å². The van der Waals surface area contributed by atoms with Crippen molar-refractivity contribution < 1.29 is 27.5 Å². The van der Waals surface area contributed by atoms with E-state index in [9.17, 15) is 22.8 Å². The maximum absolute atomic E-state index is 13.7. The maximum atomic E-state index is 13.7. The molecule has 1 atom stereocenters. The van der Waals surface area contributed by atoms with Crippen molar-refractivity contribution in [3.8, 4) is 5.75 Å². The number of rotatable bonds is 14. The molecule has 0 fully saturated rings. The summed E-state index contributed by atoms with van der Waals surface area (Å²) in [5.74, 6) is -0.604. The Balaban J connectivity index is 1.28. The van der Waals surface area contributed by atoms with Gasteiger partial charge in [0.05, 0.1) is 10.1 Å². The van der Waals surface area contributed by atoms with Crippen LogP contribution in [0.3, 0.4) is 0 Å². The summed E-state index contributed by atoms with van der Waals surface area (Å²) >= 11 is 1.31. The molecule has 260 valence electrons. The van der Waals surface area contributed by atoms with Crippen LogP contribution in [-0.2, 0) is 26.2 Å². The predicted molar refractivity (Wildman–Crippen MR) is 201 cm³/mol. The number of benzene rings is 5. The van der Waals surface area contributed by atoms with E-state index in [0.29, 0.717) is 41.3 Å². The molecule has 1 unspecified atom stereocenters. The molecule has 0 aliphatic heterocycles. The summed E-state index contributed by atoms with van der Waals surface area (Å²) in [6.45, 7) is 2.29. The van der Waals surface area contributed by atoms with E-state index in [4.69, 9.17) is 9.88 Å². The number of ether oxygens (including phenoxy) is 1. The third kappa shape index (κ3) is 10.9. The molecular weight excluding hydrogens is 685 g/mol. The third-order valence-electron chi connectivity index (χ3n) is 7.45. The van der Waals surface area contributed by atoms with Crippen LogP contribution in [0.2, 0.25) is 0 Å². The number of carbonyl (C=O) groups is 3. The summed E-state index contributed by atoms with van der Waals surface area (Å²) in [5.41, 5.74) is 3.01. The fourth-order valence-electron chi connectivity index (χ4n) is 4.79. The molecule has 5 rings (SSSR count). The van der Waals surface area contributed by atoms with Gasteiger partial charge in [-0.2, -0.15) is 0 Å². The van der Waals surface area contributed by atoms with Crippen molar-refractivity contribution in [2.24, 2.45) is 5.14 Å². The van der Waals surface area contributed by atoms with E-state index >= 15 is 0 Å². The molecule has 0 saturated carbocycles. The van der Waals surface area contributed by atoms with Crippen LogP contribution < -0.4 is 25.8 Å². The Kier molecular flexibility index (Phi) is 12.4. The number of sulfonamides is 1. The highest BCUT2D eigenvalue weighted by Crippen LogP contribution is 2.29. The first-order valence-electron chi connectivity index (χ1n) is 15.9. The lowest BCUT2D eigenvalue weighted by atomic mass is 10.1. The smallest absolute Gasteiger partial charge is 0.272 e. The average Bonchev–Trinajstić information content (AvgIpc) is 3.14. The van der Waals surface area contributed by atoms with Crippen molar-refractivity contribution in [3.63, 3.8) is 0 Å². The highest BCUT2D eigenvalue weighted by molar-refractivity contribution is 8.00. The van der Waals surface area contributed by atoms with Gasteiger partial charge < -0.3 is 20.7 Å². The summed E-state index contributed by atoms with van der Waals surface area (Å²) in [6.07, 6.45) is 2.08. The quantitative estimate of drug-likeness (QED) is 0.0724. The lowest BCUT2D eigenvalue weighted by molar-refractivity contribution is -0.116. The van der Waals surface area contributed by atoms with Gasteiger partial charge in [0.15, 0.2) is 0 Å². The minimum absolute atomic E-state index is 0.0270. The van der Waals surface area contributed by atoms with Crippen LogP contribution in [0, 0.1) is 0 Å². The Morgan fingerprint density at radius 2 is 1.45 bits per heavy atom. The molecule has 0 saturated heterocycles. The van der Waals surface area contributed by atoms with Crippen LogP contribution in [-0.4, -0.2) is 31.4 Å². The van der Waals surface area contributed by atoms with Gasteiger partial charge in [-0.15, -0.1) is 11.8 Å². The van der Waals surface area contributed by atoms with Crippen LogP contribution in [0.25, 0.3) is 6.08 Å². The highest BCUT2D eigenvalue weighted by atomic mass is 32.2. The predicted octanol–water partition coefficient (Wildman–Crippen LogP) is 6.83. The Labute approximate surface area is 301 Å². The SMILES string of the molecule is CCC(Sc1cccc(NC(=O)/C(=C/c2ccc(OCc3ccccc3)cc2)NC(=O)c2ccccc2)c1)C(=O)Nc1ccc(S(N)(=O)=O)cc1. The van der Waals surface area contributed by atoms with Crippen molar-refractivity contribution in [3.05, 3.63) is 156 Å². The summed E-state index contributed by atoms with van der Waals surface area (Å²) < 4.78 is 29.0. The average molecular weight is 721 g/mol. The number of hydrogen-bond acceptors (Lipinski definition) is 7. The minimum Gasteiger partial charge on any atom is -0.489 e. The Morgan fingerprint density at radius 3 is 2.10 bits per heavy atom. The molecule has 0 radical (unpaired) electrons. The minimum atomic E-state index is -3.85. The second kappa shape index (κ2) is 17.3. The zero-order chi connectivity index (χ0) is 36.2. The van der Waals surface area contributed by atoms with E-state index in [1.165, 1.54) is 36.0 Å². The molecule has 51 heavy (non-hydrogen) atoms. The van der Waals surface area contributed by atoms with E-state index in [1.54, 1.807) is 78.9 Å². The number of anilines is 2. The fourth-order valence-corrected chi connectivity index (χ4v) is 6.32. The standard InChI is InChI=1S/C39H36N4O6S2/c1-2-36(39(46)41-30-18-22-34(23-19-30)51(40,47)48)50-33-15-9-14-31(25-33)42-38(45)35(43-37(44)29-12-7-4-8-13-29)24-27-16-20-32(21-17-27)49-26-28-10-5-3-6-11-28/h3-25,36H,2,26H2,1H3,(H,41,46)(H,42,45)(H,43,44)(H2,40,47,48)/b35-24-. The van der Waals surface area contributed by atoms with Crippen molar-refractivity contribution in [1.29, 1.82) is 0 Å². The Hall–Kier alpha value is -5.69. The van der Waals surface area contributed by atoms with Gasteiger partial charge in [0, 0.05) is 21.8 Å². The molecule has 0 bridgehead atoms. The molecule has 0 aliphatic rings. The van der Waals surface area contributed by atoms with Crippen LogP contribution in [0.4, 0.5) is 11.4 Å². The normalized spacial score (nSPS) is 12.0. The zero-order valence-electron chi connectivity index (χ0n) is 27.6. The van der Waals surface area contributed by atoms with E-state index in [2.05, 4.69) is 16.0 Å². The number of hydrogen-bond donors (Lipinski definition) is 4. The fraction of sp³-hybridized carbons (Fsp3) is 0.103. The first-order valence-corrected chi connectivity index (χ1v) is 18.4. The summed E-state index contributed by atoms with van der Waals surface area (Å²) in [7, 11) is -3.85. The van der Waals surface area contributed by atoms with Crippen molar-refractivity contribution in [2.45, 2.75) is 35.0 Å².